The predicted octanol–water partition coefficient (Wildman–Crippen LogP) is 1.61. The molecular weight excluding hydrogens is 198 g/mol. The highest BCUT2D eigenvalue weighted by Gasteiger charge is 2.41. The average Bonchev–Trinajstić information content (AvgIpc) is 2.93. The van der Waals surface area contributed by atoms with Crippen LogP contribution in [0, 0.1) is 0 Å². The van der Waals surface area contributed by atoms with Crippen molar-refractivity contribution in [3.05, 3.63) is 24.2 Å². The number of thioether (sulfide) groups is 1. The van der Waals surface area contributed by atoms with E-state index in [1.165, 1.54) is 12.7 Å². The second-order valence-electron chi connectivity index (χ2n) is 3.81. The van der Waals surface area contributed by atoms with Crippen molar-refractivity contribution in [1.29, 1.82) is 0 Å². The van der Waals surface area contributed by atoms with Crippen LogP contribution in [0.1, 0.15) is 16.8 Å². The first-order chi connectivity index (χ1) is 6.84. The Bertz CT molecular complexity index is 349. The number of likely N-dealkylation sites (tertiary alicyclic amines) is 1. The number of carbonyl (C=O) groups excluding carboxylic acids is 1. The van der Waals surface area contributed by atoms with Crippen molar-refractivity contribution in [3.63, 3.8) is 0 Å². The second kappa shape index (κ2) is 3.05. The van der Waals surface area contributed by atoms with Crippen LogP contribution in [0.5, 0.6) is 0 Å². The average molecular weight is 209 g/mol. The summed E-state index contributed by atoms with van der Waals surface area (Å²) in [5, 5.41) is 0.677. The summed E-state index contributed by atoms with van der Waals surface area (Å²) in [6.45, 7) is 0.916. The predicted molar refractivity (Wildman–Crippen MR) is 54.4 cm³/mol. The lowest BCUT2D eigenvalue weighted by molar-refractivity contribution is 0.0747. The number of nitrogens with zero attached hydrogens (tertiary/aromatic N) is 1. The number of hydrogen-bond donors (Lipinski definition) is 0. The van der Waals surface area contributed by atoms with Crippen LogP contribution in [0.15, 0.2) is 23.0 Å². The highest BCUT2D eigenvalue weighted by molar-refractivity contribution is 8.00. The number of amides is 1. The molecule has 4 heteroatoms. The van der Waals surface area contributed by atoms with Crippen LogP contribution < -0.4 is 0 Å². The van der Waals surface area contributed by atoms with Crippen molar-refractivity contribution < 1.29 is 9.21 Å². The Kier molecular flexibility index (Phi) is 1.83. The lowest BCUT2D eigenvalue weighted by atomic mass is 10.2. The Morgan fingerprint density at radius 3 is 3.14 bits per heavy atom. The Morgan fingerprint density at radius 2 is 2.57 bits per heavy atom. The first kappa shape index (κ1) is 8.41. The van der Waals surface area contributed by atoms with E-state index in [4.69, 9.17) is 4.42 Å². The van der Waals surface area contributed by atoms with Gasteiger partial charge in [-0.3, -0.25) is 4.79 Å². The fourth-order valence-corrected chi connectivity index (χ4v) is 3.63. The van der Waals surface area contributed by atoms with Crippen LogP contribution in [-0.4, -0.2) is 34.4 Å². The maximum absolute atomic E-state index is 12.0. The van der Waals surface area contributed by atoms with Gasteiger partial charge in [0.1, 0.15) is 6.26 Å². The molecule has 0 unspecified atom stereocenters. The number of furan rings is 1. The molecule has 14 heavy (non-hydrogen) atoms. The molecule has 0 spiro atoms. The quantitative estimate of drug-likeness (QED) is 0.704. The minimum absolute atomic E-state index is 0.131. The molecule has 0 radical (unpaired) electrons. The third kappa shape index (κ3) is 1.17. The van der Waals surface area contributed by atoms with E-state index in [-0.39, 0.29) is 5.91 Å². The number of fused-ring (bicyclic) bond motifs is 2. The van der Waals surface area contributed by atoms with E-state index in [0.29, 0.717) is 16.9 Å². The molecule has 3 nitrogen and oxygen atoms in total. The molecule has 3 rings (SSSR count). The van der Waals surface area contributed by atoms with Gasteiger partial charge in [0.25, 0.3) is 5.91 Å². The molecule has 0 saturated carbocycles. The highest BCUT2D eigenvalue weighted by atomic mass is 32.2. The SMILES string of the molecule is O=C(c1ccoc1)N1C[C@H]2C[C@H]1CS2. The second-order valence-corrected chi connectivity index (χ2v) is 5.15. The topological polar surface area (TPSA) is 33.5 Å². The summed E-state index contributed by atoms with van der Waals surface area (Å²) in [7, 11) is 0. The van der Waals surface area contributed by atoms with Crippen LogP contribution in [0.25, 0.3) is 0 Å². The number of carbonyl (C=O) groups is 1. The standard InChI is InChI=1S/C10H11NO2S/c12-10(7-1-2-13-5-7)11-4-9-3-8(11)6-14-9/h1-2,5,8-9H,3-4,6H2/t8-,9+/m0/s1. The summed E-state index contributed by atoms with van der Waals surface area (Å²) >= 11 is 1.99. The van der Waals surface area contributed by atoms with Crippen molar-refractivity contribution in [3.8, 4) is 0 Å². The van der Waals surface area contributed by atoms with E-state index in [0.717, 1.165) is 12.3 Å². The molecule has 2 atom stereocenters. The van der Waals surface area contributed by atoms with Gasteiger partial charge in [-0.1, -0.05) is 0 Å². The third-order valence-electron chi connectivity index (χ3n) is 2.93. The zero-order chi connectivity index (χ0) is 9.54. The molecule has 3 heterocycles. The van der Waals surface area contributed by atoms with Crippen molar-refractivity contribution in [1.82, 2.24) is 4.90 Å². The van der Waals surface area contributed by atoms with Gasteiger partial charge >= 0.3 is 0 Å². The molecule has 2 fully saturated rings. The smallest absolute Gasteiger partial charge is 0.257 e. The van der Waals surface area contributed by atoms with Crippen LogP contribution in [0.4, 0.5) is 0 Å². The van der Waals surface area contributed by atoms with E-state index >= 15 is 0 Å². The van der Waals surface area contributed by atoms with Crippen molar-refractivity contribution in [2.24, 2.45) is 0 Å². The lowest BCUT2D eigenvalue weighted by Crippen LogP contribution is -2.38. The van der Waals surface area contributed by atoms with Crippen LogP contribution in [0.3, 0.4) is 0 Å². The van der Waals surface area contributed by atoms with Gasteiger partial charge in [0, 0.05) is 23.6 Å². The van der Waals surface area contributed by atoms with Crippen LogP contribution >= 0.6 is 11.8 Å². The summed E-state index contributed by atoms with van der Waals surface area (Å²) in [6.07, 6.45) is 4.26. The third-order valence-corrected chi connectivity index (χ3v) is 4.32. The van der Waals surface area contributed by atoms with E-state index in [1.54, 1.807) is 12.3 Å². The first-order valence-electron chi connectivity index (χ1n) is 4.79. The Morgan fingerprint density at radius 1 is 1.64 bits per heavy atom. The molecule has 0 aromatic carbocycles. The highest BCUT2D eigenvalue weighted by Crippen LogP contribution is 2.37. The molecular formula is C10H11NO2S. The summed E-state index contributed by atoms with van der Waals surface area (Å²) in [6, 6.07) is 2.20. The molecule has 0 aliphatic carbocycles. The van der Waals surface area contributed by atoms with Gasteiger partial charge in [-0.05, 0) is 12.5 Å². The van der Waals surface area contributed by atoms with Gasteiger partial charge in [-0.2, -0.15) is 11.8 Å². The summed E-state index contributed by atoms with van der Waals surface area (Å²) in [5.74, 6) is 1.24. The monoisotopic (exact) mass is 209 g/mol. The van der Waals surface area contributed by atoms with E-state index in [2.05, 4.69) is 0 Å². The zero-order valence-electron chi connectivity index (χ0n) is 7.68. The summed E-state index contributed by atoms with van der Waals surface area (Å²) in [5.41, 5.74) is 0.683. The van der Waals surface area contributed by atoms with E-state index < -0.39 is 0 Å². The Labute approximate surface area is 86.4 Å². The van der Waals surface area contributed by atoms with Crippen molar-refractivity contribution in [2.45, 2.75) is 17.7 Å². The van der Waals surface area contributed by atoms with Crippen molar-refractivity contribution >= 4 is 17.7 Å². The lowest BCUT2D eigenvalue weighted by Gasteiger charge is -2.25. The van der Waals surface area contributed by atoms with Gasteiger partial charge < -0.3 is 9.32 Å². The summed E-state index contributed by atoms with van der Waals surface area (Å²) < 4.78 is 4.92. The molecule has 1 amide bonds. The fraction of sp³-hybridized carbons (Fsp3) is 0.500. The fourth-order valence-electron chi connectivity index (χ4n) is 2.20. The molecule has 1 aromatic rings. The molecule has 74 valence electrons. The van der Waals surface area contributed by atoms with Gasteiger partial charge in [-0.25, -0.2) is 0 Å². The van der Waals surface area contributed by atoms with Gasteiger partial charge in [-0.15, -0.1) is 0 Å². The molecule has 0 N–H and O–H groups in total. The van der Waals surface area contributed by atoms with Gasteiger partial charge in [0.15, 0.2) is 0 Å². The molecule has 2 saturated heterocycles. The van der Waals surface area contributed by atoms with E-state index in [9.17, 15) is 4.79 Å². The minimum Gasteiger partial charge on any atom is -0.472 e. The van der Waals surface area contributed by atoms with Gasteiger partial charge in [0.05, 0.1) is 11.8 Å². The first-order valence-corrected chi connectivity index (χ1v) is 5.84. The van der Waals surface area contributed by atoms with Crippen LogP contribution in [0.2, 0.25) is 0 Å². The molecule has 2 aliphatic heterocycles. The number of hydrogen-bond acceptors (Lipinski definition) is 3. The molecule has 1 aromatic heterocycles. The largest absolute Gasteiger partial charge is 0.472 e. The Hall–Kier alpha value is -0.900. The van der Waals surface area contributed by atoms with Gasteiger partial charge in [0.2, 0.25) is 0 Å². The molecule has 2 bridgehead atoms. The maximum Gasteiger partial charge on any atom is 0.257 e. The van der Waals surface area contributed by atoms with Crippen molar-refractivity contribution in [2.75, 3.05) is 12.3 Å². The Balaban J connectivity index is 1.81. The van der Waals surface area contributed by atoms with E-state index in [1.807, 2.05) is 16.7 Å². The minimum atomic E-state index is 0.131. The normalized spacial score (nSPS) is 29.9. The summed E-state index contributed by atoms with van der Waals surface area (Å²) in [4.78, 5) is 13.9. The number of rotatable bonds is 1. The molecule has 2 aliphatic rings. The maximum atomic E-state index is 12.0. The zero-order valence-corrected chi connectivity index (χ0v) is 8.50. The van der Waals surface area contributed by atoms with Crippen LogP contribution in [-0.2, 0) is 0 Å².